The van der Waals surface area contributed by atoms with Crippen LogP contribution in [0.2, 0.25) is 0 Å². The first-order valence-electron chi connectivity index (χ1n) is 4.74. The van der Waals surface area contributed by atoms with Crippen molar-refractivity contribution in [1.29, 1.82) is 0 Å². The summed E-state index contributed by atoms with van der Waals surface area (Å²) in [7, 11) is 0. The number of hydrogen-bond donors (Lipinski definition) is 1. The second kappa shape index (κ2) is 3.46. The van der Waals surface area contributed by atoms with Crippen LogP contribution in [0.4, 0.5) is 4.39 Å². The van der Waals surface area contributed by atoms with Gasteiger partial charge in [-0.1, -0.05) is 6.07 Å². The highest BCUT2D eigenvalue weighted by Crippen LogP contribution is 2.19. The summed E-state index contributed by atoms with van der Waals surface area (Å²) >= 11 is 0. The molecule has 0 saturated carbocycles. The fourth-order valence-electron chi connectivity index (χ4n) is 1.41. The number of Topliss-reactive ketones (excluding diaryl/α,β-unsaturated/α-hetero) is 1. The number of aromatic nitrogens is 2. The van der Waals surface area contributed by atoms with Gasteiger partial charge in [0.05, 0.1) is 11.4 Å². The normalized spacial score (nSPS) is 13.0. The van der Waals surface area contributed by atoms with Crippen LogP contribution < -0.4 is 0 Å². The Kier molecular flexibility index (Phi) is 2.26. The molecule has 1 heterocycles. The Morgan fingerprint density at radius 1 is 1.53 bits per heavy atom. The van der Waals surface area contributed by atoms with Crippen molar-refractivity contribution in [2.75, 3.05) is 0 Å². The average molecular weight is 206 g/mol. The molecule has 2 aromatic rings. The molecule has 4 heteroatoms. The molecule has 1 aromatic carbocycles. The van der Waals surface area contributed by atoms with Crippen LogP contribution >= 0.6 is 0 Å². The van der Waals surface area contributed by atoms with E-state index in [0.717, 1.165) is 0 Å². The average Bonchev–Trinajstić information content (AvgIpc) is 2.61. The van der Waals surface area contributed by atoms with E-state index < -0.39 is 0 Å². The number of imidazole rings is 1. The highest BCUT2D eigenvalue weighted by molar-refractivity contribution is 5.84. The third-order valence-electron chi connectivity index (χ3n) is 2.50. The number of nitrogens with zero attached hydrogens (tertiary/aromatic N) is 1. The van der Waals surface area contributed by atoms with E-state index in [1.807, 2.05) is 0 Å². The van der Waals surface area contributed by atoms with Gasteiger partial charge in [0, 0.05) is 0 Å². The second-order valence-electron chi connectivity index (χ2n) is 3.59. The molecular formula is C11H11FN2O. The minimum Gasteiger partial charge on any atom is -0.341 e. The minimum atomic E-state index is -0.370. The number of para-hydroxylation sites is 1. The van der Waals surface area contributed by atoms with Crippen LogP contribution in [0.25, 0.3) is 11.0 Å². The molecule has 1 aromatic heterocycles. The maximum atomic E-state index is 13.3. The molecule has 0 saturated heterocycles. The molecule has 0 radical (unpaired) electrons. The maximum absolute atomic E-state index is 13.3. The zero-order valence-corrected chi connectivity index (χ0v) is 8.54. The van der Waals surface area contributed by atoms with Crippen molar-refractivity contribution in [3.63, 3.8) is 0 Å². The lowest BCUT2D eigenvalue weighted by Gasteiger charge is -2.01. The molecule has 0 aliphatic rings. The summed E-state index contributed by atoms with van der Waals surface area (Å²) in [5.74, 6) is -0.167. The van der Waals surface area contributed by atoms with E-state index >= 15 is 0 Å². The number of fused-ring (bicyclic) bond motifs is 1. The lowest BCUT2D eigenvalue weighted by molar-refractivity contribution is -0.118. The van der Waals surface area contributed by atoms with Gasteiger partial charge in [-0.2, -0.15) is 0 Å². The zero-order valence-electron chi connectivity index (χ0n) is 8.54. The first kappa shape index (κ1) is 9.83. The summed E-state index contributed by atoms with van der Waals surface area (Å²) in [4.78, 5) is 18.2. The molecule has 0 aliphatic heterocycles. The van der Waals surface area contributed by atoms with E-state index in [-0.39, 0.29) is 17.5 Å². The third kappa shape index (κ3) is 1.63. The largest absolute Gasteiger partial charge is 0.341 e. The number of ketones is 1. The lowest BCUT2D eigenvalue weighted by atomic mass is 10.1. The van der Waals surface area contributed by atoms with Crippen LogP contribution in [0.15, 0.2) is 18.2 Å². The molecule has 0 bridgehead atoms. The predicted molar refractivity (Wildman–Crippen MR) is 55.1 cm³/mol. The molecule has 3 nitrogen and oxygen atoms in total. The number of carbonyl (C=O) groups excluding carboxylic acids is 1. The van der Waals surface area contributed by atoms with Crippen LogP contribution in [0.1, 0.15) is 25.6 Å². The van der Waals surface area contributed by atoms with Crippen LogP contribution in [-0.4, -0.2) is 15.8 Å². The summed E-state index contributed by atoms with van der Waals surface area (Å²) in [6.45, 7) is 3.24. The van der Waals surface area contributed by atoms with Crippen LogP contribution in [0.3, 0.4) is 0 Å². The Morgan fingerprint density at radius 2 is 2.27 bits per heavy atom. The first-order chi connectivity index (χ1) is 7.09. The Labute approximate surface area is 86.3 Å². The molecule has 0 fully saturated rings. The molecule has 0 spiro atoms. The molecule has 1 atom stereocenters. The summed E-state index contributed by atoms with van der Waals surface area (Å²) in [5, 5.41) is 0. The van der Waals surface area contributed by atoms with Gasteiger partial charge >= 0.3 is 0 Å². The van der Waals surface area contributed by atoms with Crippen molar-refractivity contribution < 1.29 is 9.18 Å². The highest BCUT2D eigenvalue weighted by atomic mass is 19.1. The summed E-state index contributed by atoms with van der Waals surface area (Å²) in [6, 6.07) is 4.70. The number of hydrogen-bond acceptors (Lipinski definition) is 2. The van der Waals surface area contributed by atoms with Gasteiger partial charge in [-0.15, -0.1) is 0 Å². The monoisotopic (exact) mass is 206 g/mol. The van der Waals surface area contributed by atoms with E-state index in [9.17, 15) is 9.18 Å². The number of rotatable bonds is 2. The Balaban J connectivity index is 2.56. The fraction of sp³-hybridized carbons (Fsp3) is 0.273. The number of carbonyl (C=O) groups is 1. The van der Waals surface area contributed by atoms with Gasteiger partial charge in [0.2, 0.25) is 0 Å². The Bertz CT molecular complexity index is 518. The SMILES string of the molecule is CC(=O)C(C)c1nc2c(F)cccc2[nH]1. The van der Waals surface area contributed by atoms with Crippen LogP contribution in [0, 0.1) is 5.82 Å². The standard InChI is InChI=1S/C11H11FN2O/c1-6(7(2)15)11-13-9-5-3-4-8(12)10(9)14-11/h3-6H,1-2H3,(H,13,14). The number of nitrogens with one attached hydrogen (secondary N) is 1. The lowest BCUT2D eigenvalue weighted by Crippen LogP contribution is -2.05. The number of benzene rings is 1. The summed E-state index contributed by atoms with van der Waals surface area (Å²) in [6.07, 6.45) is 0. The molecule has 0 amide bonds. The van der Waals surface area contributed by atoms with E-state index in [2.05, 4.69) is 9.97 Å². The number of halogens is 1. The van der Waals surface area contributed by atoms with Crippen molar-refractivity contribution >= 4 is 16.8 Å². The summed E-state index contributed by atoms with van der Waals surface area (Å²) < 4.78 is 13.3. The van der Waals surface area contributed by atoms with Gasteiger partial charge in [-0.05, 0) is 26.0 Å². The molecule has 0 aliphatic carbocycles. The van der Waals surface area contributed by atoms with Crippen LogP contribution in [-0.2, 0) is 4.79 Å². The van der Waals surface area contributed by atoms with Crippen molar-refractivity contribution in [3.8, 4) is 0 Å². The van der Waals surface area contributed by atoms with Gasteiger partial charge in [0.1, 0.15) is 17.1 Å². The van der Waals surface area contributed by atoms with E-state index in [1.54, 1.807) is 19.1 Å². The Hall–Kier alpha value is -1.71. The van der Waals surface area contributed by atoms with Crippen LogP contribution in [0.5, 0.6) is 0 Å². The molecule has 2 rings (SSSR count). The molecular weight excluding hydrogens is 195 g/mol. The predicted octanol–water partition coefficient (Wildman–Crippen LogP) is 2.39. The van der Waals surface area contributed by atoms with Crippen molar-refractivity contribution in [2.24, 2.45) is 0 Å². The number of aromatic amines is 1. The molecule has 1 unspecified atom stereocenters. The third-order valence-corrected chi connectivity index (χ3v) is 2.50. The fourth-order valence-corrected chi connectivity index (χ4v) is 1.41. The highest BCUT2D eigenvalue weighted by Gasteiger charge is 2.16. The van der Waals surface area contributed by atoms with Crippen molar-refractivity contribution in [3.05, 3.63) is 29.8 Å². The van der Waals surface area contributed by atoms with Gasteiger partial charge in [-0.3, -0.25) is 4.79 Å². The second-order valence-corrected chi connectivity index (χ2v) is 3.59. The van der Waals surface area contributed by atoms with Crippen molar-refractivity contribution in [1.82, 2.24) is 9.97 Å². The molecule has 15 heavy (non-hydrogen) atoms. The first-order valence-corrected chi connectivity index (χ1v) is 4.74. The topological polar surface area (TPSA) is 45.8 Å². The number of H-pyrrole nitrogens is 1. The quantitative estimate of drug-likeness (QED) is 0.820. The summed E-state index contributed by atoms with van der Waals surface area (Å²) in [5.41, 5.74) is 0.915. The van der Waals surface area contributed by atoms with Gasteiger partial charge in [0.25, 0.3) is 0 Å². The van der Waals surface area contributed by atoms with E-state index in [4.69, 9.17) is 0 Å². The van der Waals surface area contributed by atoms with Gasteiger partial charge < -0.3 is 4.98 Å². The maximum Gasteiger partial charge on any atom is 0.151 e. The Morgan fingerprint density at radius 3 is 2.87 bits per heavy atom. The smallest absolute Gasteiger partial charge is 0.151 e. The molecule has 78 valence electrons. The minimum absolute atomic E-state index is 0.00876. The molecule has 1 N–H and O–H groups in total. The van der Waals surface area contributed by atoms with Gasteiger partial charge in [0.15, 0.2) is 5.82 Å². The van der Waals surface area contributed by atoms with Crippen molar-refractivity contribution in [2.45, 2.75) is 19.8 Å². The van der Waals surface area contributed by atoms with Gasteiger partial charge in [-0.25, -0.2) is 9.37 Å². The van der Waals surface area contributed by atoms with E-state index in [0.29, 0.717) is 16.9 Å². The zero-order chi connectivity index (χ0) is 11.0. The van der Waals surface area contributed by atoms with E-state index in [1.165, 1.54) is 13.0 Å².